The molecule has 12 aromatic rings. The summed E-state index contributed by atoms with van der Waals surface area (Å²) < 4.78 is 194. The van der Waals surface area contributed by atoms with Crippen molar-refractivity contribution in [2.75, 3.05) is 146 Å². The molecule has 0 unspecified atom stereocenters. The van der Waals surface area contributed by atoms with E-state index in [4.69, 9.17) is 18.9 Å². The molecule has 0 spiro atoms. The van der Waals surface area contributed by atoms with Crippen LogP contribution in [-0.4, -0.2) is 175 Å². The molecule has 0 aliphatic carbocycles. The Balaban J connectivity index is 0.000000152. The van der Waals surface area contributed by atoms with Crippen molar-refractivity contribution in [2.24, 2.45) is 20.0 Å². The van der Waals surface area contributed by atoms with Crippen molar-refractivity contribution in [3.8, 4) is 0 Å². The molecule has 0 radical (unpaired) electrons. The maximum atomic E-state index is 14.2. The quantitative estimate of drug-likeness (QED) is 0.0290. The summed E-state index contributed by atoms with van der Waals surface area (Å²) in [4.78, 5) is 62.9. The minimum absolute atomic E-state index is 0.141. The molecule has 4 aliphatic heterocycles. The first-order valence-electron chi connectivity index (χ1n) is 43.0. The highest BCUT2D eigenvalue weighted by molar-refractivity contribution is 5.85. The van der Waals surface area contributed by atoms with E-state index in [-0.39, 0.29) is 37.1 Å². The van der Waals surface area contributed by atoms with Crippen molar-refractivity contribution < 1.29 is 76.0 Å². The Kier molecular flexibility index (Phi) is 34.1. The maximum absolute atomic E-state index is 14.2. The van der Waals surface area contributed by atoms with E-state index in [0.29, 0.717) is 193 Å². The Hall–Kier alpha value is -14.0. The summed E-state index contributed by atoms with van der Waals surface area (Å²) in [5.41, 5.74) is 9.83. The van der Waals surface area contributed by atoms with Crippen LogP contribution in [0.25, 0.3) is 0 Å². The molecule has 4 saturated heterocycles. The van der Waals surface area contributed by atoms with Crippen molar-refractivity contribution >= 4 is 93.6 Å². The SMILES string of the molecule is CCc1cc(Nc2cccc(C(F)(F)F)c2)ccc1C=NCc1ncc(F)c(N2CCOCC2)n1.CCc1cc(Nc2ccccc2)ccc1C=NCc1ncc(F)c(N2CCOCC2)n1.Cc1cc(Nc2cccc(C(F)(F)F)c2)ccc1C=NCc1ncc(F)c(N2CCOCC2)n1.Cc1nc(C=NCc2ncc(F)c(N3CCOCC3)n2)ccc1Nc1cccc(C(F)(F)F)c1. The van der Waals surface area contributed by atoms with Gasteiger partial charge in [-0.1, -0.05) is 68.4 Å². The highest BCUT2D eigenvalue weighted by Crippen LogP contribution is 2.36. The van der Waals surface area contributed by atoms with Crippen LogP contribution in [0.3, 0.4) is 0 Å². The monoisotopic (exact) mass is 1850 g/mol. The van der Waals surface area contributed by atoms with E-state index in [9.17, 15) is 57.1 Å². The van der Waals surface area contributed by atoms with Crippen LogP contribution in [0.2, 0.25) is 0 Å². The van der Waals surface area contributed by atoms with Gasteiger partial charge in [-0.15, -0.1) is 0 Å². The second kappa shape index (κ2) is 46.9. The molecule has 5 aromatic heterocycles. The van der Waals surface area contributed by atoms with Crippen LogP contribution >= 0.6 is 0 Å². The fourth-order valence-electron chi connectivity index (χ4n) is 14.2. The summed E-state index contributed by atoms with van der Waals surface area (Å²) in [5.74, 6) is 0.906. The van der Waals surface area contributed by atoms with Gasteiger partial charge in [0.25, 0.3) is 0 Å². The van der Waals surface area contributed by atoms with Crippen molar-refractivity contribution in [2.45, 2.75) is 85.2 Å². The smallest absolute Gasteiger partial charge is 0.378 e. The Morgan fingerprint density at radius 3 is 0.970 bits per heavy atom. The molecule has 38 heteroatoms. The number of ether oxygens (including phenoxy) is 4. The number of nitrogens with zero attached hydrogens (tertiary/aromatic N) is 17. The number of alkyl halides is 9. The number of pyridine rings is 1. The molecule has 0 bridgehead atoms. The van der Waals surface area contributed by atoms with Crippen molar-refractivity contribution in [1.29, 1.82) is 0 Å². The zero-order valence-corrected chi connectivity index (χ0v) is 73.5. The number of aromatic nitrogens is 9. The van der Waals surface area contributed by atoms with Crippen LogP contribution < -0.4 is 40.9 Å². The van der Waals surface area contributed by atoms with Crippen molar-refractivity contribution in [3.63, 3.8) is 0 Å². The van der Waals surface area contributed by atoms with Gasteiger partial charge in [0.05, 0.1) is 138 Å². The number of benzene rings is 7. The van der Waals surface area contributed by atoms with Crippen LogP contribution in [0, 0.1) is 37.1 Å². The zero-order chi connectivity index (χ0) is 94.6. The molecule has 0 amide bonds. The maximum Gasteiger partial charge on any atom is 0.416 e. The van der Waals surface area contributed by atoms with Crippen molar-refractivity contribution in [3.05, 3.63) is 303 Å². The van der Waals surface area contributed by atoms with Crippen LogP contribution in [0.5, 0.6) is 0 Å². The molecular formula is C96H96F13N21O4. The summed E-state index contributed by atoms with van der Waals surface area (Å²) in [6.45, 7) is 17.4. The lowest BCUT2D eigenvalue weighted by molar-refractivity contribution is -0.138. The molecule has 700 valence electrons. The number of hydrogen-bond donors (Lipinski definition) is 4. The van der Waals surface area contributed by atoms with Gasteiger partial charge in [-0.3, -0.25) is 20.0 Å². The fraction of sp³-hybridized carbons (Fsp3) is 0.302. The first-order chi connectivity index (χ1) is 64.6. The summed E-state index contributed by atoms with van der Waals surface area (Å²) in [5, 5.41) is 12.4. The summed E-state index contributed by atoms with van der Waals surface area (Å²) in [6, 6.07) is 45.7. The number of morpholine rings is 4. The second-order valence-electron chi connectivity index (χ2n) is 30.7. The minimum Gasteiger partial charge on any atom is -0.378 e. The molecule has 0 saturated carbocycles. The zero-order valence-electron chi connectivity index (χ0n) is 73.5. The van der Waals surface area contributed by atoms with Crippen LogP contribution in [0.4, 0.5) is 126 Å². The lowest BCUT2D eigenvalue weighted by atomic mass is 10.0. The van der Waals surface area contributed by atoms with Gasteiger partial charge in [0, 0.05) is 117 Å². The molecule has 0 atom stereocenters. The van der Waals surface area contributed by atoms with E-state index in [1.165, 1.54) is 30.0 Å². The van der Waals surface area contributed by atoms with E-state index < -0.39 is 58.5 Å². The van der Waals surface area contributed by atoms with Gasteiger partial charge in [-0.2, -0.15) is 39.5 Å². The van der Waals surface area contributed by atoms with Gasteiger partial charge in [-0.25, -0.2) is 62.4 Å². The number of nitrogens with one attached hydrogen (secondary N) is 4. The van der Waals surface area contributed by atoms with Gasteiger partial charge in [-0.05, 0) is 175 Å². The van der Waals surface area contributed by atoms with Crippen LogP contribution in [-0.2, 0) is 76.5 Å². The number of hydrogen-bond acceptors (Lipinski definition) is 25. The highest BCUT2D eigenvalue weighted by Gasteiger charge is 2.33. The van der Waals surface area contributed by atoms with E-state index in [1.807, 2.05) is 100 Å². The molecule has 4 aliphatic rings. The third kappa shape index (κ3) is 28.5. The van der Waals surface area contributed by atoms with Crippen molar-refractivity contribution in [1.82, 2.24) is 44.9 Å². The van der Waals surface area contributed by atoms with E-state index >= 15 is 0 Å². The number of anilines is 12. The van der Waals surface area contributed by atoms with Gasteiger partial charge in [0.2, 0.25) is 0 Å². The number of para-hydroxylation sites is 1. The lowest BCUT2D eigenvalue weighted by Gasteiger charge is -2.28. The lowest BCUT2D eigenvalue weighted by Crippen LogP contribution is -2.37. The van der Waals surface area contributed by atoms with Gasteiger partial charge in [0.15, 0.2) is 69.8 Å². The highest BCUT2D eigenvalue weighted by atomic mass is 19.4. The fourth-order valence-corrected chi connectivity index (χ4v) is 14.2. The summed E-state index contributed by atoms with van der Waals surface area (Å²) in [6.07, 6.45) is -0.183. The topological polar surface area (TPSA) is 263 Å². The van der Waals surface area contributed by atoms with E-state index in [1.54, 1.807) is 68.0 Å². The molecule has 134 heavy (non-hydrogen) atoms. The number of aryl methyl sites for hydroxylation is 4. The first-order valence-corrected chi connectivity index (χ1v) is 43.0. The number of aliphatic imine (C=N–C) groups is 4. The Morgan fingerprint density at radius 2 is 0.634 bits per heavy atom. The standard InChI is InChI=1S/C25H25F4N5O.C24H23F4N5O.C24H26FN5O.C23H22F4N6O/c1-2-17-12-21(32-20-5-3-4-19(13-20)25(27,28)29)7-6-18(17)14-30-16-23-31-15-22(26)24(33-23)34-8-10-35-11-9-34;1-16-11-20(31-19-4-2-3-18(12-19)24(26,27)28)6-5-17(16)13-29-15-22-30-14-21(25)23(32-22)33-7-9-34-10-8-33;1-2-18-14-21(28-20-6-4-3-5-7-20)9-8-19(18)15-26-17-23-27-16-22(25)24(29-23)30-10-12-31-13-11-30;1-15-20(31-17-4-2-3-16(11-17)23(25,26)27)6-5-18(30-15)12-28-14-21-29-13-19(24)22(32-21)33-7-9-34-10-8-33/h3-7,12-15,32H,2,8-11,16H2,1H3;2-6,11-14,31H,7-10,15H2,1H3;3-9,14-16,28H,2,10-13,17H2,1H3;2-6,11-13,31H,7-10,14H2,1H3. The predicted octanol–water partition coefficient (Wildman–Crippen LogP) is 19.5. The first kappa shape index (κ1) is 97.5. The Labute approximate surface area is 764 Å². The van der Waals surface area contributed by atoms with E-state index in [2.05, 4.69) is 105 Å². The average molecular weight is 1850 g/mol. The summed E-state index contributed by atoms with van der Waals surface area (Å²) >= 11 is 0. The average Bonchev–Trinajstić information content (AvgIpc) is 0.845. The Morgan fingerprint density at radius 1 is 0.328 bits per heavy atom. The van der Waals surface area contributed by atoms with Crippen LogP contribution in [0.15, 0.2) is 215 Å². The molecule has 4 fully saturated rings. The normalized spacial score (nSPS) is 14.5. The second-order valence-corrected chi connectivity index (χ2v) is 30.7. The largest absolute Gasteiger partial charge is 0.416 e. The predicted molar refractivity (Wildman–Crippen MR) is 491 cm³/mol. The molecule has 7 aromatic carbocycles. The third-order valence-electron chi connectivity index (χ3n) is 21.1. The molecule has 9 heterocycles. The molecular weight excluding hydrogens is 1760 g/mol. The molecule has 16 rings (SSSR count). The number of halogens is 13. The number of rotatable bonds is 26. The Bertz CT molecular complexity index is 6030. The van der Waals surface area contributed by atoms with Gasteiger partial charge < -0.3 is 59.8 Å². The van der Waals surface area contributed by atoms with E-state index in [0.717, 1.165) is 101 Å². The molecule has 25 nitrogen and oxygen atoms in total. The van der Waals surface area contributed by atoms with Gasteiger partial charge in [0.1, 0.15) is 0 Å². The molecule has 4 N–H and O–H groups in total. The van der Waals surface area contributed by atoms with Gasteiger partial charge >= 0.3 is 18.5 Å². The third-order valence-corrected chi connectivity index (χ3v) is 21.1. The summed E-state index contributed by atoms with van der Waals surface area (Å²) in [7, 11) is 0. The minimum atomic E-state index is -4.41. The van der Waals surface area contributed by atoms with Crippen LogP contribution in [0.1, 0.15) is 98.6 Å².